The number of halogens is 1. The molecule has 2 aromatic rings. The maximum atomic E-state index is 14.6. The summed E-state index contributed by atoms with van der Waals surface area (Å²) in [7, 11) is 1.46. The molecule has 0 radical (unpaired) electrons. The summed E-state index contributed by atoms with van der Waals surface area (Å²) in [6, 6.07) is 9.49. The molecule has 1 atom stereocenters. The number of amides is 1. The Morgan fingerprint density at radius 3 is 2.63 bits per heavy atom. The van der Waals surface area contributed by atoms with E-state index in [0.29, 0.717) is 24.7 Å². The van der Waals surface area contributed by atoms with Gasteiger partial charge in [0.1, 0.15) is 24.8 Å². The van der Waals surface area contributed by atoms with Gasteiger partial charge in [0.2, 0.25) is 0 Å². The molecule has 1 amide bonds. The molecule has 1 saturated heterocycles. The molecule has 156 valence electrons. The van der Waals surface area contributed by atoms with Crippen LogP contribution in [0.1, 0.15) is 17.2 Å². The highest BCUT2D eigenvalue weighted by atomic mass is 19.1. The van der Waals surface area contributed by atoms with Crippen LogP contribution in [-0.4, -0.2) is 55.2 Å². The largest absolute Gasteiger partial charge is 0.507 e. The second kappa shape index (κ2) is 8.16. The maximum absolute atomic E-state index is 14.6. The molecule has 2 aliphatic heterocycles. The van der Waals surface area contributed by atoms with E-state index in [-0.39, 0.29) is 29.9 Å². The smallest absolute Gasteiger partial charge is 0.295 e. The number of ether oxygens (including phenoxy) is 3. The molecule has 4 rings (SSSR count). The molecule has 1 fully saturated rings. The minimum Gasteiger partial charge on any atom is -0.507 e. The fraction of sp³-hybridized carbons (Fsp3) is 0.273. The first kappa shape index (κ1) is 19.9. The van der Waals surface area contributed by atoms with Gasteiger partial charge in [0.15, 0.2) is 11.5 Å². The molecule has 0 bridgehead atoms. The Morgan fingerprint density at radius 1 is 1.17 bits per heavy atom. The molecule has 2 aromatic carbocycles. The van der Waals surface area contributed by atoms with Crippen LogP contribution in [0.25, 0.3) is 5.76 Å². The van der Waals surface area contributed by atoms with Crippen LogP contribution in [-0.2, 0) is 14.3 Å². The van der Waals surface area contributed by atoms with Gasteiger partial charge in [0, 0.05) is 24.8 Å². The van der Waals surface area contributed by atoms with Crippen molar-refractivity contribution in [1.82, 2.24) is 4.90 Å². The normalized spacial score (nSPS) is 19.9. The zero-order valence-electron chi connectivity index (χ0n) is 16.3. The Balaban J connectivity index is 1.85. The number of rotatable bonds is 5. The van der Waals surface area contributed by atoms with Gasteiger partial charge in [-0.1, -0.05) is 18.2 Å². The summed E-state index contributed by atoms with van der Waals surface area (Å²) in [5.41, 5.74) is 0.204. The molecular weight excluding hydrogens is 393 g/mol. The van der Waals surface area contributed by atoms with Gasteiger partial charge in [-0.3, -0.25) is 9.59 Å². The number of ketones is 1. The van der Waals surface area contributed by atoms with Crippen molar-refractivity contribution in [2.75, 3.05) is 33.5 Å². The van der Waals surface area contributed by atoms with Crippen molar-refractivity contribution < 1.29 is 33.3 Å². The van der Waals surface area contributed by atoms with Crippen molar-refractivity contribution in [3.8, 4) is 11.5 Å². The van der Waals surface area contributed by atoms with Crippen molar-refractivity contribution in [2.45, 2.75) is 6.04 Å². The Hall–Kier alpha value is -3.39. The average Bonchev–Trinajstić information content (AvgIpc) is 3.01. The van der Waals surface area contributed by atoms with E-state index < -0.39 is 29.3 Å². The number of carbonyl (C=O) groups is 2. The van der Waals surface area contributed by atoms with E-state index in [1.807, 2.05) is 0 Å². The van der Waals surface area contributed by atoms with Crippen molar-refractivity contribution in [2.24, 2.45) is 0 Å². The zero-order valence-corrected chi connectivity index (χ0v) is 16.3. The fourth-order valence-electron chi connectivity index (χ4n) is 3.67. The molecule has 30 heavy (non-hydrogen) atoms. The van der Waals surface area contributed by atoms with Gasteiger partial charge in [-0.2, -0.15) is 0 Å². The molecule has 0 spiro atoms. The maximum Gasteiger partial charge on any atom is 0.295 e. The number of hydrogen-bond acceptors (Lipinski definition) is 6. The summed E-state index contributed by atoms with van der Waals surface area (Å²) in [5.74, 6) is -1.75. The topological polar surface area (TPSA) is 85.3 Å². The van der Waals surface area contributed by atoms with E-state index in [0.717, 1.165) is 0 Å². The van der Waals surface area contributed by atoms with E-state index in [4.69, 9.17) is 14.2 Å². The van der Waals surface area contributed by atoms with Gasteiger partial charge in [0.25, 0.3) is 11.7 Å². The number of methoxy groups -OCH3 is 1. The Morgan fingerprint density at radius 2 is 1.90 bits per heavy atom. The molecule has 0 saturated carbocycles. The molecule has 7 nitrogen and oxygen atoms in total. The van der Waals surface area contributed by atoms with Crippen LogP contribution in [0.5, 0.6) is 11.5 Å². The summed E-state index contributed by atoms with van der Waals surface area (Å²) in [6.07, 6.45) is 0. The van der Waals surface area contributed by atoms with Crippen molar-refractivity contribution >= 4 is 17.4 Å². The van der Waals surface area contributed by atoms with Crippen LogP contribution < -0.4 is 9.47 Å². The van der Waals surface area contributed by atoms with Gasteiger partial charge >= 0.3 is 0 Å². The quantitative estimate of drug-likeness (QED) is 0.461. The third-order valence-electron chi connectivity index (χ3n) is 5.09. The standard InChI is InChI=1S/C22H20FNO6/c1-28-9-8-24-19(14-4-2-3-5-15(14)23)18(21(26)22(24)27)20(25)13-6-7-16-17(12-13)30-11-10-29-16/h2-7,12,19,25H,8-11H2,1H3/b20-18+/t19-/m0/s1. The predicted molar refractivity (Wildman–Crippen MR) is 105 cm³/mol. The fourth-order valence-corrected chi connectivity index (χ4v) is 3.67. The average molecular weight is 413 g/mol. The summed E-state index contributed by atoms with van der Waals surface area (Å²) in [5, 5.41) is 11.0. The van der Waals surface area contributed by atoms with Gasteiger partial charge < -0.3 is 24.2 Å². The first-order valence-corrected chi connectivity index (χ1v) is 9.44. The Bertz CT molecular complexity index is 1030. The first-order valence-electron chi connectivity index (χ1n) is 9.44. The number of aliphatic hydroxyl groups excluding tert-OH is 1. The van der Waals surface area contributed by atoms with Crippen LogP contribution in [0.2, 0.25) is 0 Å². The van der Waals surface area contributed by atoms with Crippen LogP contribution in [0, 0.1) is 5.82 Å². The van der Waals surface area contributed by atoms with Crippen LogP contribution in [0.15, 0.2) is 48.0 Å². The van der Waals surface area contributed by atoms with Crippen LogP contribution >= 0.6 is 0 Å². The summed E-state index contributed by atoms with van der Waals surface area (Å²) in [4.78, 5) is 26.8. The lowest BCUT2D eigenvalue weighted by atomic mass is 9.95. The second-order valence-electron chi connectivity index (χ2n) is 6.87. The first-order chi connectivity index (χ1) is 14.5. The number of fused-ring (bicyclic) bond motifs is 1. The number of nitrogens with zero attached hydrogens (tertiary/aromatic N) is 1. The third kappa shape index (κ3) is 3.39. The van der Waals surface area contributed by atoms with E-state index in [1.165, 1.54) is 36.3 Å². The number of benzene rings is 2. The van der Waals surface area contributed by atoms with Crippen molar-refractivity contribution in [3.63, 3.8) is 0 Å². The second-order valence-corrected chi connectivity index (χ2v) is 6.87. The number of hydrogen-bond donors (Lipinski definition) is 1. The lowest BCUT2D eigenvalue weighted by Gasteiger charge is -2.25. The minimum absolute atomic E-state index is 0.0675. The molecular formula is C22H20FNO6. The molecule has 8 heteroatoms. The third-order valence-corrected chi connectivity index (χ3v) is 5.09. The van der Waals surface area contributed by atoms with Crippen LogP contribution in [0.4, 0.5) is 4.39 Å². The number of aliphatic hydroxyl groups is 1. The van der Waals surface area contributed by atoms with Gasteiger partial charge in [-0.25, -0.2) is 4.39 Å². The number of likely N-dealkylation sites (tertiary alicyclic amines) is 1. The van der Waals surface area contributed by atoms with E-state index in [2.05, 4.69) is 0 Å². The van der Waals surface area contributed by atoms with E-state index in [9.17, 15) is 19.1 Å². The van der Waals surface area contributed by atoms with Crippen molar-refractivity contribution in [1.29, 1.82) is 0 Å². The number of Topliss-reactive ketones (excluding diaryl/α,β-unsaturated/α-hetero) is 1. The highest BCUT2D eigenvalue weighted by Crippen LogP contribution is 2.41. The van der Waals surface area contributed by atoms with E-state index >= 15 is 0 Å². The van der Waals surface area contributed by atoms with E-state index in [1.54, 1.807) is 18.2 Å². The Kier molecular flexibility index (Phi) is 5.41. The SMILES string of the molecule is COCCN1C(=O)C(=O)/C(=C(/O)c2ccc3c(c2)OCCO3)[C@@H]1c1ccccc1F. The molecule has 1 N–H and O–H groups in total. The molecule has 0 aliphatic carbocycles. The lowest BCUT2D eigenvalue weighted by Crippen LogP contribution is -2.33. The highest BCUT2D eigenvalue weighted by Gasteiger charge is 2.46. The monoisotopic (exact) mass is 413 g/mol. The predicted octanol–water partition coefficient (Wildman–Crippen LogP) is 2.67. The van der Waals surface area contributed by atoms with Crippen molar-refractivity contribution in [3.05, 3.63) is 65.0 Å². The summed E-state index contributed by atoms with van der Waals surface area (Å²) >= 11 is 0. The zero-order chi connectivity index (χ0) is 21.3. The summed E-state index contributed by atoms with van der Waals surface area (Å²) in [6.45, 7) is 0.990. The molecule has 0 aromatic heterocycles. The van der Waals surface area contributed by atoms with Crippen LogP contribution in [0.3, 0.4) is 0 Å². The minimum atomic E-state index is -1.07. The van der Waals surface area contributed by atoms with Gasteiger partial charge in [-0.15, -0.1) is 0 Å². The number of carbonyl (C=O) groups excluding carboxylic acids is 2. The van der Waals surface area contributed by atoms with Gasteiger partial charge in [-0.05, 0) is 24.3 Å². The lowest BCUT2D eigenvalue weighted by molar-refractivity contribution is -0.140. The highest BCUT2D eigenvalue weighted by molar-refractivity contribution is 6.46. The molecule has 0 unspecified atom stereocenters. The molecule has 2 aliphatic rings. The summed E-state index contributed by atoms with van der Waals surface area (Å²) < 4.78 is 30.7. The molecule has 2 heterocycles. The Labute approximate surface area is 172 Å². The van der Waals surface area contributed by atoms with Gasteiger partial charge in [0.05, 0.1) is 18.2 Å².